The monoisotopic (exact) mass is 584 g/mol. The number of hydrogen-bond donors (Lipinski definition) is 2. The van der Waals surface area contributed by atoms with Gasteiger partial charge in [0.15, 0.2) is 5.78 Å². The first-order chi connectivity index (χ1) is 19.7. The normalized spacial score (nSPS) is 15.6. The van der Waals surface area contributed by atoms with Crippen LogP contribution in [0.4, 0.5) is 8.78 Å². The van der Waals surface area contributed by atoms with E-state index in [2.05, 4.69) is 24.4 Å². The van der Waals surface area contributed by atoms with Crippen molar-refractivity contribution in [2.24, 2.45) is 5.92 Å². The number of carbonyl (C=O) groups is 1. The number of sulfonamides is 1. The minimum absolute atomic E-state index is 0.0935. The first-order valence-electron chi connectivity index (χ1n) is 14.2. The van der Waals surface area contributed by atoms with Crippen LogP contribution in [0.25, 0.3) is 0 Å². The molecule has 3 aromatic carbocycles. The molecule has 2 N–H and O–H groups in total. The van der Waals surface area contributed by atoms with Crippen LogP contribution in [0.15, 0.2) is 71.6 Å². The summed E-state index contributed by atoms with van der Waals surface area (Å²) in [7, 11) is -3.57. The molecule has 220 valence electrons. The van der Waals surface area contributed by atoms with E-state index in [0.29, 0.717) is 37.2 Å². The fourth-order valence-electron chi connectivity index (χ4n) is 5.30. The highest BCUT2D eigenvalue weighted by Crippen LogP contribution is 2.24. The molecule has 6 nitrogen and oxygen atoms in total. The number of aliphatic hydroxyl groups is 1. The van der Waals surface area contributed by atoms with Gasteiger partial charge in [-0.3, -0.25) is 4.79 Å². The largest absolute Gasteiger partial charge is 0.392 e. The number of halogens is 2. The molecule has 0 aliphatic carbocycles. The standard InChI is InChI=1S/C32H38F2N2O4S/c1-2-23-6-5-7-24(16-23)21-35-22-32(38)27(17-25-18-28(33)20-29(34)19-25)10-13-31(37)26-8-11-30(12-9-26)41(39,40)36-14-3-4-15-36/h5-9,11-12,16,18-20,27,32,35,38H,2-4,10,13-15,17,21-22H2,1H3/t27-,32+/m0/s1. The van der Waals surface area contributed by atoms with Crippen molar-refractivity contribution in [2.45, 2.75) is 63.0 Å². The molecule has 1 heterocycles. The maximum Gasteiger partial charge on any atom is 0.243 e. The van der Waals surface area contributed by atoms with Crippen molar-refractivity contribution in [2.75, 3.05) is 19.6 Å². The number of nitrogens with zero attached hydrogens (tertiary/aromatic N) is 1. The number of hydrogen-bond acceptors (Lipinski definition) is 5. The molecular formula is C32H38F2N2O4S. The van der Waals surface area contributed by atoms with Gasteiger partial charge < -0.3 is 10.4 Å². The third-order valence-electron chi connectivity index (χ3n) is 7.67. The summed E-state index contributed by atoms with van der Waals surface area (Å²) in [6.07, 6.45) is 2.32. The second kappa shape index (κ2) is 14.3. The molecule has 0 saturated carbocycles. The van der Waals surface area contributed by atoms with Gasteiger partial charge in [-0.1, -0.05) is 43.3 Å². The number of carbonyl (C=O) groups excluding carboxylic acids is 1. The van der Waals surface area contributed by atoms with Crippen LogP contribution in [0.2, 0.25) is 0 Å². The van der Waals surface area contributed by atoms with E-state index in [4.69, 9.17) is 0 Å². The lowest BCUT2D eigenvalue weighted by atomic mass is 9.88. The van der Waals surface area contributed by atoms with E-state index >= 15 is 0 Å². The molecule has 1 fully saturated rings. The maximum absolute atomic E-state index is 13.9. The Morgan fingerprint density at radius 1 is 0.951 bits per heavy atom. The van der Waals surface area contributed by atoms with E-state index in [-0.39, 0.29) is 30.1 Å². The molecular weight excluding hydrogens is 546 g/mol. The van der Waals surface area contributed by atoms with Gasteiger partial charge in [-0.05, 0) is 79.0 Å². The molecule has 2 atom stereocenters. The molecule has 41 heavy (non-hydrogen) atoms. The van der Waals surface area contributed by atoms with E-state index in [1.165, 1.54) is 46.3 Å². The molecule has 4 rings (SSSR count). The van der Waals surface area contributed by atoms with Gasteiger partial charge in [0.05, 0.1) is 11.0 Å². The van der Waals surface area contributed by atoms with Gasteiger partial charge in [-0.2, -0.15) is 4.31 Å². The fourth-order valence-corrected chi connectivity index (χ4v) is 6.82. The van der Waals surface area contributed by atoms with E-state index in [1.807, 2.05) is 12.1 Å². The molecule has 0 aromatic heterocycles. The molecule has 0 amide bonds. The first kappa shape index (κ1) is 31.0. The smallest absolute Gasteiger partial charge is 0.243 e. The van der Waals surface area contributed by atoms with Gasteiger partial charge in [0, 0.05) is 44.2 Å². The van der Waals surface area contributed by atoms with Crippen LogP contribution in [0.1, 0.15) is 59.7 Å². The predicted molar refractivity (Wildman–Crippen MR) is 155 cm³/mol. The highest BCUT2D eigenvalue weighted by atomic mass is 32.2. The molecule has 0 bridgehead atoms. The van der Waals surface area contributed by atoms with Crippen molar-refractivity contribution in [1.29, 1.82) is 0 Å². The van der Waals surface area contributed by atoms with Gasteiger partial charge >= 0.3 is 0 Å². The molecule has 1 saturated heterocycles. The Bertz CT molecular complexity index is 1400. The van der Waals surface area contributed by atoms with E-state index in [0.717, 1.165) is 30.9 Å². The summed E-state index contributed by atoms with van der Waals surface area (Å²) in [5.74, 6) is -2.02. The number of aliphatic hydroxyl groups excluding tert-OH is 1. The Morgan fingerprint density at radius 2 is 1.61 bits per heavy atom. The van der Waals surface area contributed by atoms with Gasteiger partial charge in [0.25, 0.3) is 0 Å². The van der Waals surface area contributed by atoms with Crippen molar-refractivity contribution in [1.82, 2.24) is 9.62 Å². The lowest BCUT2D eigenvalue weighted by Gasteiger charge is -2.24. The van der Waals surface area contributed by atoms with Crippen LogP contribution in [0, 0.1) is 17.6 Å². The van der Waals surface area contributed by atoms with E-state index in [9.17, 15) is 27.1 Å². The van der Waals surface area contributed by atoms with Crippen LogP contribution < -0.4 is 5.32 Å². The second-order valence-electron chi connectivity index (χ2n) is 10.7. The fraction of sp³-hybridized carbons (Fsp3) is 0.406. The van der Waals surface area contributed by atoms with Crippen molar-refractivity contribution in [3.05, 3.63) is 101 Å². The number of Topliss-reactive ketones (excluding diaryl/α,β-unsaturated/α-hetero) is 1. The number of nitrogens with one attached hydrogen (secondary N) is 1. The zero-order valence-corrected chi connectivity index (χ0v) is 24.2. The minimum Gasteiger partial charge on any atom is -0.392 e. The van der Waals surface area contributed by atoms with Gasteiger partial charge in [0.1, 0.15) is 11.6 Å². The maximum atomic E-state index is 13.9. The number of aryl methyl sites for hydroxylation is 1. The summed E-state index contributed by atoms with van der Waals surface area (Å²) in [4.78, 5) is 13.2. The third kappa shape index (κ3) is 8.52. The molecule has 1 aliphatic heterocycles. The lowest BCUT2D eigenvalue weighted by Crippen LogP contribution is -2.34. The van der Waals surface area contributed by atoms with Crippen molar-refractivity contribution in [3.8, 4) is 0 Å². The molecule has 3 aromatic rings. The van der Waals surface area contributed by atoms with E-state index in [1.54, 1.807) is 0 Å². The van der Waals surface area contributed by atoms with Crippen molar-refractivity contribution < 1.29 is 27.1 Å². The van der Waals surface area contributed by atoms with Crippen LogP contribution in [0.5, 0.6) is 0 Å². The average molecular weight is 585 g/mol. The van der Waals surface area contributed by atoms with Crippen LogP contribution in [-0.2, 0) is 29.4 Å². The number of benzene rings is 3. The minimum atomic E-state index is -3.57. The summed E-state index contributed by atoms with van der Waals surface area (Å²) < 4.78 is 54.8. The van der Waals surface area contributed by atoms with Gasteiger partial charge in [-0.15, -0.1) is 0 Å². The van der Waals surface area contributed by atoms with Gasteiger partial charge in [-0.25, -0.2) is 17.2 Å². The zero-order chi connectivity index (χ0) is 29.4. The summed E-state index contributed by atoms with van der Waals surface area (Å²) in [5.41, 5.74) is 3.09. The zero-order valence-electron chi connectivity index (χ0n) is 23.4. The number of ketones is 1. The third-order valence-corrected chi connectivity index (χ3v) is 9.58. The Morgan fingerprint density at radius 3 is 2.27 bits per heavy atom. The van der Waals surface area contributed by atoms with Crippen LogP contribution in [0.3, 0.4) is 0 Å². The SMILES string of the molecule is CCc1cccc(CNC[C@@H](O)[C@@H](CCC(=O)c2ccc(S(=O)(=O)N3CCCC3)cc2)Cc2cc(F)cc(F)c2)c1. The topological polar surface area (TPSA) is 86.7 Å². The molecule has 0 spiro atoms. The summed E-state index contributed by atoms with van der Waals surface area (Å²) in [5, 5.41) is 14.3. The van der Waals surface area contributed by atoms with E-state index < -0.39 is 33.7 Å². The molecule has 1 aliphatic rings. The van der Waals surface area contributed by atoms with Gasteiger partial charge in [0.2, 0.25) is 10.0 Å². The number of rotatable bonds is 14. The van der Waals surface area contributed by atoms with Crippen LogP contribution in [-0.4, -0.2) is 49.4 Å². The van der Waals surface area contributed by atoms with Crippen molar-refractivity contribution in [3.63, 3.8) is 0 Å². The molecule has 0 radical (unpaired) electrons. The Balaban J connectivity index is 1.40. The molecule has 9 heteroatoms. The lowest BCUT2D eigenvalue weighted by molar-refractivity contribution is 0.0873. The highest BCUT2D eigenvalue weighted by Gasteiger charge is 2.27. The summed E-state index contributed by atoms with van der Waals surface area (Å²) >= 11 is 0. The summed E-state index contributed by atoms with van der Waals surface area (Å²) in [6, 6.07) is 17.4. The first-order valence-corrected chi connectivity index (χ1v) is 15.6. The Kier molecular flexibility index (Phi) is 10.8. The Hall–Kier alpha value is -2.98. The Labute approximate surface area is 241 Å². The van der Waals surface area contributed by atoms with Crippen molar-refractivity contribution >= 4 is 15.8 Å². The predicted octanol–water partition coefficient (Wildman–Crippen LogP) is 5.28. The quantitative estimate of drug-likeness (QED) is 0.252. The van der Waals surface area contributed by atoms with Crippen LogP contribution >= 0.6 is 0 Å². The molecule has 0 unspecified atom stereocenters. The average Bonchev–Trinajstić information content (AvgIpc) is 3.51. The summed E-state index contributed by atoms with van der Waals surface area (Å²) in [6.45, 7) is 3.89. The highest BCUT2D eigenvalue weighted by molar-refractivity contribution is 7.89. The second-order valence-corrected chi connectivity index (χ2v) is 12.6.